The van der Waals surface area contributed by atoms with E-state index in [-0.39, 0.29) is 0 Å². The number of aliphatic hydroxyl groups is 1. The largest absolute Gasteiger partial charge is 0.396 e. The Bertz CT molecular complexity index is 102. The van der Waals surface area contributed by atoms with Crippen LogP contribution in [0.25, 0.3) is 0 Å². The van der Waals surface area contributed by atoms with Gasteiger partial charge in [0.15, 0.2) is 0 Å². The van der Waals surface area contributed by atoms with Crippen LogP contribution in [0.3, 0.4) is 0 Å². The molecule has 0 aromatic carbocycles. The predicted molar refractivity (Wildman–Crippen MR) is 46.5 cm³/mol. The lowest BCUT2D eigenvalue weighted by molar-refractivity contribution is 0.284. The van der Waals surface area contributed by atoms with Gasteiger partial charge in [-0.15, -0.1) is 0 Å². The van der Waals surface area contributed by atoms with Crippen molar-refractivity contribution < 1.29 is 5.11 Å². The molecule has 66 valence electrons. The highest BCUT2D eigenvalue weighted by Gasteiger charge is 2.26. The maximum atomic E-state index is 8.51. The van der Waals surface area contributed by atoms with Crippen molar-refractivity contribution in [2.75, 3.05) is 19.7 Å². The van der Waals surface area contributed by atoms with E-state index in [1.165, 1.54) is 12.8 Å². The average Bonchev–Trinajstić information content (AvgIpc) is 2.79. The van der Waals surface area contributed by atoms with Gasteiger partial charge in [0.2, 0.25) is 0 Å². The summed E-state index contributed by atoms with van der Waals surface area (Å²) in [5.74, 6) is 1.84. The standard InChI is InChI=1S/C9H19NO/c1-8(9-3-4-9)7-10-5-2-6-11/h8-11H,2-7H2,1H3. The summed E-state index contributed by atoms with van der Waals surface area (Å²) in [5.41, 5.74) is 0. The van der Waals surface area contributed by atoms with Crippen LogP contribution in [0, 0.1) is 11.8 Å². The van der Waals surface area contributed by atoms with Crippen molar-refractivity contribution in [3.63, 3.8) is 0 Å². The van der Waals surface area contributed by atoms with Gasteiger partial charge in [0, 0.05) is 6.61 Å². The molecule has 1 aliphatic carbocycles. The topological polar surface area (TPSA) is 32.3 Å². The zero-order valence-electron chi connectivity index (χ0n) is 7.34. The molecule has 0 radical (unpaired) electrons. The van der Waals surface area contributed by atoms with Crippen LogP contribution in [-0.2, 0) is 0 Å². The first-order chi connectivity index (χ1) is 5.34. The van der Waals surface area contributed by atoms with E-state index >= 15 is 0 Å². The highest BCUT2D eigenvalue weighted by atomic mass is 16.3. The van der Waals surface area contributed by atoms with Crippen LogP contribution >= 0.6 is 0 Å². The summed E-state index contributed by atoms with van der Waals surface area (Å²) in [6, 6.07) is 0. The Hall–Kier alpha value is -0.0800. The van der Waals surface area contributed by atoms with Crippen LogP contribution in [0.2, 0.25) is 0 Å². The van der Waals surface area contributed by atoms with E-state index in [1.54, 1.807) is 0 Å². The van der Waals surface area contributed by atoms with Crippen molar-refractivity contribution in [1.29, 1.82) is 0 Å². The molecule has 2 N–H and O–H groups in total. The van der Waals surface area contributed by atoms with Gasteiger partial charge in [-0.1, -0.05) is 6.92 Å². The van der Waals surface area contributed by atoms with Crippen LogP contribution < -0.4 is 5.32 Å². The fourth-order valence-electron chi connectivity index (χ4n) is 1.37. The molecule has 11 heavy (non-hydrogen) atoms. The van der Waals surface area contributed by atoms with Crippen LogP contribution in [-0.4, -0.2) is 24.8 Å². The van der Waals surface area contributed by atoms with E-state index in [0.717, 1.165) is 31.3 Å². The summed E-state index contributed by atoms with van der Waals surface area (Å²) < 4.78 is 0. The monoisotopic (exact) mass is 157 g/mol. The smallest absolute Gasteiger partial charge is 0.0443 e. The second-order valence-electron chi connectivity index (χ2n) is 3.60. The number of aliphatic hydroxyl groups excluding tert-OH is 1. The highest BCUT2D eigenvalue weighted by molar-refractivity contribution is 4.79. The van der Waals surface area contributed by atoms with Crippen LogP contribution in [0.4, 0.5) is 0 Å². The second kappa shape index (κ2) is 4.73. The van der Waals surface area contributed by atoms with Gasteiger partial charge in [0.1, 0.15) is 0 Å². The van der Waals surface area contributed by atoms with Crippen molar-refractivity contribution >= 4 is 0 Å². The van der Waals surface area contributed by atoms with Crippen LogP contribution in [0.5, 0.6) is 0 Å². The SMILES string of the molecule is CC(CNCCCO)C1CC1. The molecule has 0 aromatic heterocycles. The first-order valence-corrected chi connectivity index (χ1v) is 4.66. The van der Waals surface area contributed by atoms with E-state index < -0.39 is 0 Å². The predicted octanol–water partition coefficient (Wildman–Crippen LogP) is 1.00. The minimum Gasteiger partial charge on any atom is -0.396 e. The second-order valence-corrected chi connectivity index (χ2v) is 3.60. The molecule has 0 saturated heterocycles. The lowest BCUT2D eigenvalue weighted by Gasteiger charge is -2.10. The molecule has 0 amide bonds. The molecule has 1 unspecified atom stereocenters. The normalized spacial score (nSPS) is 20.2. The molecule has 1 rings (SSSR count). The van der Waals surface area contributed by atoms with Gasteiger partial charge in [-0.3, -0.25) is 0 Å². The Balaban J connectivity index is 1.85. The van der Waals surface area contributed by atoms with E-state index in [2.05, 4.69) is 12.2 Å². The summed E-state index contributed by atoms with van der Waals surface area (Å²) in [6.45, 7) is 4.71. The Morgan fingerprint density at radius 1 is 1.55 bits per heavy atom. The van der Waals surface area contributed by atoms with Crippen LogP contribution in [0.1, 0.15) is 26.2 Å². The molecule has 0 bridgehead atoms. The number of hydrogen-bond acceptors (Lipinski definition) is 2. The first kappa shape index (κ1) is 9.01. The Kier molecular flexibility index (Phi) is 3.87. The zero-order valence-corrected chi connectivity index (χ0v) is 7.34. The third-order valence-corrected chi connectivity index (χ3v) is 2.40. The van der Waals surface area contributed by atoms with E-state index in [9.17, 15) is 0 Å². The Labute approximate surface area is 69.0 Å². The van der Waals surface area contributed by atoms with Crippen molar-refractivity contribution in [3.8, 4) is 0 Å². The average molecular weight is 157 g/mol. The van der Waals surface area contributed by atoms with Crippen molar-refractivity contribution in [2.45, 2.75) is 26.2 Å². The molecule has 0 aromatic rings. The van der Waals surface area contributed by atoms with Gasteiger partial charge in [-0.2, -0.15) is 0 Å². The highest BCUT2D eigenvalue weighted by Crippen LogP contribution is 2.35. The van der Waals surface area contributed by atoms with E-state index in [1.807, 2.05) is 0 Å². The molecule has 2 heteroatoms. The van der Waals surface area contributed by atoms with Gasteiger partial charge < -0.3 is 10.4 Å². The molecule has 0 spiro atoms. The fourth-order valence-corrected chi connectivity index (χ4v) is 1.37. The Morgan fingerprint density at radius 2 is 2.27 bits per heavy atom. The van der Waals surface area contributed by atoms with Gasteiger partial charge in [-0.05, 0) is 44.2 Å². The van der Waals surface area contributed by atoms with Crippen molar-refractivity contribution in [1.82, 2.24) is 5.32 Å². The third kappa shape index (κ3) is 3.73. The molecule has 0 heterocycles. The zero-order chi connectivity index (χ0) is 8.10. The van der Waals surface area contributed by atoms with Crippen molar-refractivity contribution in [2.24, 2.45) is 11.8 Å². The summed E-state index contributed by atoms with van der Waals surface area (Å²) in [6.07, 6.45) is 3.75. The minimum absolute atomic E-state index is 0.310. The molecule has 1 saturated carbocycles. The fraction of sp³-hybridized carbons (Fsp3) is 1.00. The number of nitrogens with one attached hydrogen (secondary N) is 1. The molecule has 2 nitrogen and oxygen atoms in total. The lowest BCUT2D eigenvalue weighted by atomic mass is 10.1. The molecule has 0 aliphatic heterocycles. The van der Waals surface area contributed by atoms with Crippen LogP contribution in [0.15, 0.2) is 0 Å². The number of rotatable bonds is 6. The maximum absolute atomic E-state index is 8.51. The molecule has 1 fully saturated rings. The van der Waals surface area contributed by atoms with E-state index in [4.69, 9.17) is 5.11 Å². The van der Waals surface area contributed by atoms with Gasteiger partial charge in [0.05, 0.1) is 0 Å². The third-order valence-electron chi connectivity index (χ3n) is 2.40. The summed E-state index contributed by atoms with van der Waals surface area (Å²) in [5, 5.41) is 11.9. The molecule has 1 aliphatic rings. The number of hydrogen-bond donors (Lipinski definition) is 2. The van der Waals surface area contributed by atoms with Gasteiger partial charge in [0.25, 0.3) is 0 Å². The van der Waals surface area contributed by atoms with E-state index in [0.29, 0.717) is 6.61 Å². The lowest BCUT2D eigenvalue weighted by Crippen LogP contribution is -2.23. The molecular weight excluding hydrogens is 138 g/mol. The quantitative estimate of drug-likeness (QED) is 0.564. The van der Waals surface area contributed by atoms with Crippen molar-refractivity contribution in [3.05, 3.63) is 0 Å². The maximum Gasteiger partial charge on any atom is 0.0443 e. The summed E-state index contributed by atoms with van der Waals surface area (Å²) >= 11 is 0. The van der Waals surface area contributed by atoms with Gasteiger partial charge in [-0.25, -0.2) is 0 Å². The summed E-state index contributed by atoms with van der Waals surface area (Å²) in [4.78, 5) is 0. The first-order valence-electron chi connectivity index (χ1n) is 4.66. The van der Waals surface area contributed by atoms with Gasteiger partial charge >= 0.3 is 0 Å². The molecular formula is C9H19NO. The Morgan fingerprint density at radius 3 is 2.82 bits per heavy atom. The minimum atomic E-state index is 0.310. The summed E-state index contributed by atoms with van der Waals surface area (Å²) in [7, 11) is 0. The molecule has 1 atom stereocenters.